The molecule has 2 heterocycles. The number of furan rings is 1. The third-order valence-corrected chi connectivity index (χ3v) is 8.25. The average Bonchev–Trinajstić information content (AvgIpc) is 3.57. The molecule has 3 nitrogen and oxygen atoms in total. The molecule has 190 valence electrons. The minimum absolute atomic E-state index is 0.835. The number of hydrogen-bond donors (Lipinski definition) is 0. The summed E-state index contributed by atoms with van der Waals surface area (Å²) in [4.78, 5) is 10.5. The summed E-state index contributed by atoms with van der Waals surface area (Å²) >= 11 is 0. The molecule has 3 heteroatoms. The lowest BCUT2D eigenvalue weighted by Crippen LogP contribution is -1.98. The van der Waals surface area contributed by atoms with Crippen LogP contribution in [0.2, 0.25) is 0 Å². The summed E-state index contributed by atoms with van der Waals surface area (Å²) in [7, 11) is 0. The van der Waals surface area contributed by atoms with Gasteiger partial charge in [0.2, 0.25) is 0 Å². The van der Waals surface area contributed by atoms with Gasteiger partial charge in [-0.15, -0.1) is 0 Å². The van der Waals surface area contributed by atoms with Gasteiger partial charge in [0.1, 0.15) is 11.2 Å². The second kappa shape index (κ2) is 8.48. The van der Waals surface area contributed by atoms with Gasteiger partial charge >= 0.3 is 0 Å². The van der Waals surface area contributed by atoms with E-state index in [1.807, 2.05) is 42.6 Å². The number of hydrogen-bond acceptors (Lipinski definition) is 3. The van der Waals surface area contributed by atoms with Crippen LogP contribution in [-0.2, 0) is 0 Å². The van der Waals surface area contributed by atoms with Gasteiger partial charge in [-0.05, 0) is 39.6 Å². The molecule has 9 rings (SSSR count). The Kier molecular flexibility index (Phi) is 4.61. The predicted molar refractivity (Wildman–Crippen MR) is 168 cm³/mol. The standard InChI is InChI=1S/C38H22N2O/c1-3-11-24(12-4-1)37-38(25-13-5-2-6-14-25)40-30(22-39-37)36-34-28-19-10-16-23-15-9-18-26(33(23)28)29(34)21-32-35(36)27-17-7-8-20-31(27)41-32/h1-22H. The minimum Gasteiger partial charge on any atom is -0.456 e. The molecule has 0 atom stereocenters. The highest BCUT2D eigenvalue weighted by atomic mass is 16.3. The second-order valence-corrected chi connectivity index (χ2v) is 10.5. The smallest absolute Gasteiger partial charge is 0.136 e. The minimum atomic E-state index is 0.835. The van der Waals surface area contributed by atoms with Crippen molar-refractivity contribution in [1.82, 2.24) is 9.97 Å². The molecule has 1 aliphatic rings. The predicted octanol–water partition coefficient (Wildman–Crippen LogP) is 10.2. The number of aromatic nitrogens is 2. The Bertz CT molecular complexity index is 2290. The van der Waals surface area contributed by atoms with Crippen molar-refractivity contribution < 1.29 is 4.42 Å². The van der Waals surface area contributed by atoms with Crippen LogP contribution in [-0.4, -0.2) is 9.97 Å². The van der Waals surface area contributed by atoms with Crippen LogP contribution in [0.15, 0.2) is 138 Å². The zero-order chi connectivity index (χ0) is 26.9. The third kappa shape index (κ3) is 3.20. The molecule has 2 aromatic heterocycles. The molecule has 0 unspecified atom stereocenters. The van der Waals surface area contributed by atoms with Crippen molar-refractivity contribution in [3.8, 4) is 56.0 Å². The summed E-state index contributed by atoms with van der Waals surface area (Å²) in [5.41, 5.74) is 12.3. The van der Waals surface area contributed by atoms with Gasteiger partial charge in [-0.1, -0.05) is 115 Å². The van der Waals surface area contributed by atoms with Crippen LogP contribution in [0.25, 0.3) is 88.7 Å². The van der Waals surface area contributed by atoms with Crippen molar-refractivity contribution in [1.29, 1.82) is 0 Å². The number of rotatable bonds is 3. The first kappa shape index (κ1) is 22.3. The van der Waals surface area contributed by atoms with Crippen molar-refractivity contribution in [2.75, 3.05) is 0 Å². The summed E-state index contributed by atoms with van der Waals surface area (Å²) in [5, 5.41) is 4.67. The molecule has 0 N–H and O–H groups in total. The molecule has 0 bridgehead atoms. The monoisotopic (exact) mass is 522 g/mol. The molecule has 8 aromatic rings. The van der Waals surface area contributed by atoms with Crippen LogP contribution < -0.4 is 0 Å². The van der Waals surface area contributed by atoms with Crippen LogP contribution in [0.1, 0.15) is 0 Å². The van der Waals surface area contributed by atoms with Crippen LogP contribution in [0, 0.1) is 0 Å². The molecule has 0 aliphatic heterocycles. The van der Waals surface area contributed by atoms with E-state index >= 15 is 0 Å². The summed E-state index contributed by atoms with van der Waals surface area (Å²) in [5.74, 6) is 0. The highest BCUT2D eigenvalue weighted by Gasteiger charge is 2.29. The van der Waals surface area contributed by atoms with Crippen molar-refractivity contribution in [3.63, 3.8) is 0 Å². The first-order valence-corrected chi connectivity index (χ1v) is 13.8. The van der Waals surface area contributed by atoms with Crippen molar-refractivity contribution in [3.05, 3.63) is 134 Å². The van der Waals surface area contributed by atoms with Crippen LogP contribution >= 0.6 is 0 Å². The van der Waals surface area contributed by atoms with E-state index in [1.165, 1.54) is 33.0 Å². The third-order valence-electron chi connectivity index (χ3n) is 8.25. The van der Waals surface area contributed by atoms with Crippen LogP contribution in [0.5, 0.6) is 0 Å². The van der Waals surface area contributed by atoms with Gasteiger partial charge in [-0.2, -0.15) is 0 Å². The molecule has 0 amide bonds. The Hall–Kier alpha value is -5.54. The molecule has 0 saturated heterocycles. The molecule has 1 aliphatic carbocycles. The van der Waals surface area contributed by atoms with E-state index in [0.29, 0.717) is 0 Å². The Labute approximate surface area is 236 Å². The maximum atomic E-state index is 6.49. The molecule has 6 aromatic carbocycles. The maximum absolute atomic E-state index is 6.49. The fraction of sp³-hybridized carbons (Fsp3) is 0. The van der Waals surface area contributed by atoms with Crippen molar-refractivity contribution in [2.45, 2.75) is 0 Å². The Morgan fingerprint density at radius 1 is 0.488 bits per heavy atom. The summed E-state index contributed by atoms with van der Waals surface area (Å²) in [6, 6.07) is 44.3. The topological polar surface area (TPSA) is 38.9 Å². The number of fused-ring (bicyclic) bond motifs is 6. The zero-order valence-corrected chi connectivity index (χ0v) is 22.0. The Morgan fingerprint density at radius 2 is 1.17 bits per heavy atom. The summed E-state index contributed by atoms with van der Waals surface area (Å²) < 4.78 is 6.49. The fourth-order valence-electron chi connectivity index (χ4n) is 6.52. The van der Waals surface area contributed by atoms with Gasteiger partial charge < -0.3 is 4.42 Å². The lowest BCUT2D eigenvalue weighted by atomic mass is 9.91. The fourth-order valence-corrected chi connectivity index (χ4v) is 6.52. The molecule has 0 saturated carbocycles. The molecule has 0 radical (unpaired) electrons. The number of nitrogens with zero attached hydrogens (tertiary/aromatic N) is 2. The Morgan fingerprint density at radius 3 is 1.95 bits per heavy atom. The Balaban J connectivity index is 1.43. The van der Waals surface area contributed by atoms with Gasteiger partial charge in [0.05, 0.1) is 23.3 Å². The van der Waals surface area contributed by atoms with E-state index in [-0.39, 0.29) is 0 Å². The van der Waals surface area contributed by atoms with E-state index in [4.69, 9.17) is 14.4 Å². The van der Waals surface area contributed by atoms with E-state index < -0.39 is 0 Å². The molecule has 0 fully saturated rings. The van der Waals surface area contributed by atoms with Gasteiger partial charge in [0.25, 0.3) is 0 Å². The largest absolute Gasteiger partial charge is 0.456 e. The maximum Gasteiger partial charge on any atom is 0.136 e. The number of para-hydroxylation sites is 1. The van der Waals surface area contributed by atoms with Gasteiger partial charge in [-0.25, -0.2) is 4.98 Å². The lowest BCUT2D eigenvalue weighted by Gasteiger charge is -2.15. The van der Waals surface area contributed by atoms with E-state index in [2.05, 4.69) is 91.0 Å². The van der Waals surface area contributed by atoms with Gasteiger partial charge in [0.15, 0.2) is 0 Å². The number of benzene rings is 6. The first-order chi connectivity index (χ1) is 20.3. The van der Waals surface area contributed by atoms with Crippen molar-refractivity contribution in [2.24, 2.45) is 0 Å². The average molecular weight is 523 g/mol. The lowest BCUT2D eigenvalue weighted by molar-refractivity contribution is 0.669. The van der Waals surface area contributed by atoms with Crippen molar-refractivity contribution >= 4 is 32.7 Å². The molecular formula is C38H22N2O. The molecule has 0 spiro atoms. The second-order valence-electron chi connectivity index (χ2n) is 10.5. The van der Waals surface area contributed by atoms with Gasteiger partial charge in [-0.3, -0.25) is 4.98 Å². The van der Waals surface area contributed by atoms with E-state index in [9.17, 15) is 0 Å². The van der Waals surface area contributed by atoms with Crippen LogP contribution in [0.3, 0.4) is 0 Å². The first-order valence-electron chi connectivity index (χ1n) is 13.8. The normalized spacial score (nSPS) is 11.9. The zero-order valence-electron chi connectivity index (χ0n) is 22.0. The van der Waals surface area contributed by atoms with E-state index in [1.54, 1.807) is 0 Å². The van der Waals surface area contributed by atoms with Crippen LogP contribution in [0.4, 0.5) is 0 Å². The summed E-state index contributed by atoms with van der Waals surface area (Å²) in [6.07, 6.45) is 1.94. The highest BCUT2D eigenvalue weighted by molar-refractivity contribution is 6.25. The quantitative estimate of drug-likeness (QED) is 0.232. The molecule has 41 heavy (non-hydrogen) atoms. The SMILES string of the molecule is c1ccc(-c2ncc(-c3c4c(cc5oc6ccccc6c35)-c3cccc5cccc-4c35)nc2-c2ccccc2)cc1. The van der Waals surface area contributed by atoms with Gasteiger partial charge in [0, 0.05) is 33.0 Å². The molecular weight excluding hydrogens is 500 g/mol. The summed E-state index contributed by atoms with van der Waals surface area (Å²) in [6.45, 7) is 0. The highest BCUT2D eigenvalue weighted by Crippen LogP contribution is 2.54. The van der Waals surface area contributed by atoms with E-state index in [0.717, 1.165) is 55.7 Å².